The van der Waals surface area contributed by atoms with Crippen LogP contribution >= 0.6 is 0 Å². The number of rotatable bonds is 4. The first-order chi connectivity index (χ1) is 12.8. The molecule has 3 aromatic rings. The number of aromatic nitrogens is 4. The van der Waals surface area contributed by atoms with Crippen molar-refractivity contribution in [2.45, 2.75) is 6.18 Å². The third-order valence-electron chi connectivity index (χ3n) is 3.34. The van der Waals surface area contributed by atoms with Gasteiger partial charge in [-0.2, -0.15) is 18.3 Å². The Labute approximate surface area is 149 Å². The lowest BCUT2D eigenvalue weighted by molar-refractivity contribution is -0.141. The maximum atomic E-state index is 12.5. The smallest absolute Gasteiger partial charge is 0.319 e. The number of nitrogens with one attached hydrogen (secondary N) is 3. The van der Waals surface area contributed by atoms with Gasteiger partial charge in [0.1, 0.15) is 5.69 Å². The summed E-state index contributed by atoms with van der Waals surface area (Å²) in [7, 11) is 0. The number of hydrogen-bond acceptors (Lipinski definition) is 5. The summed E-state index contributed by atoms with van der Waals surface area (Å²) < 4.78 is 37.5. The first-order valence-corrected chi connectivity index (χ1v) is 7.44. The zero-order chi connectivity index (χ0) is 19.4. The Balaban J connectivity index is 1.71. The second-order valence-electron chi connectivity index (χ2n) is 5.23. The van der Waals surface area contributed by atoms with E-state index in [9.17, 15) is 22.8 Å². The van der Waals surface area contributed by atoms with Gasteiger partial charge in [-0.1, -0.05) is 0 Å². The predicted molar refractivity (Wildman–Crippen MR) is 88.0 cm³/mol. The maximum Gasteiger partial charge on any atom is 0.433 e. The fraction of sp³-hybridized carbons (Fsp3) is 0.0625. The summed E-state index contributed by atoms with van der Waals surface area (Å²) >= 11 is 0. The number of alkyl halides is 3. The van der Waals surface area contributed by atoms with Gasteiger partial charge in [-0.3, -0.25) is 19.7 Å². The molecule has 0 unspecified atom stereocenters. The van der Waals surface area contributed by atoms with E-state index in [2.05, 4.69) is 30.8 Å². The van der Waals surface area contributed by atoms with Crippen molar-refractivity contribution in [3.8, 4) is 0 Å². The van der Waals surface area contributed by atoms with E-state index in [-0.39, 0.29) is 22.6 Å². The van der Waals surface area contributed by atoms with Crippen molar-refractivity contribution in [3.05, 3.63) is 66.0 Å². The molecule has 27 heavy (non-hydrogen) atoms. The van der Waals surface area contributed by atoms with Gasteiger partial charge < -0.3 is 10.6 Å². The molecule has 0 spiro atoms. The molecule has 0 saturated carbocycles. The first-order valence-electron chi connectivity index (χ1n) is 7.44. The van der Waals surface area contributed by atoms with Gasteiger partial charge in [0.25, 0.3) is 11.8 Å². The molecular formula is C16H11F3N6O2. The molecule has 11 heteroatoms. The minimum absolute atomic E-state index is 0.0422. The van der Waals surface area contributed by atoms with Crippen LogP contribution < -0.4 is 10.6 Å². The quantitative estimate of drug-likeness (QED) is 0.648. The van der Waals surface area contributed by atoms with Crippen LogP contribution in [0.3, 0.4) is 0 Å². The number of nitrogens with zero attached hydrogens (tertiary/aromatic N) is 3. The minimum atomic E-state index is -4.57. The van der Waals surface area contributed by atoms with Crippen LogP contribution in [0.25, 0.3) is 0 Å². The summed E-state index contributed by atoms with van der Waals surface area (Å²) in [4.78, 5) is 31.5. The zero-order valence-electron chi connectivity index (χ0n) is 13.4. The average Bonchev–Trinajstić information content (AvgIpc) is 3.10. The number of halogens is 3. The predicted octanol–water partition coefficient (Wildman–Crippen LogP) is 2.72. The zero-order valence-corrected chi connectivity index (χ0v) is 13.4. The molecule has 0 saturated heterocycles. The van der Waals surface area contributed by atoms with Gasteiger partial charge in [-0.05, 0) is 24.3 Å². The van der Waals surface area contributed by atoms with Gasteiger partial charge in [-0.15, -0.1) is 0 Å². The van der Waals surface area contributed by atoms with Crippen LogP contribution in [0.4, 0.5) is 24.5 Å². The molecule has 138 valence electrons. The summed E-state index contributed by atoms with van der Waals surface area (Å²) in [6.07, 6.45) is 0.457. The van der Waals surface area contributed by atoms with E-state index in [1.54, 1.807) is 6.07 Å². The standard InChI is InChI=1S/C16H11F3N6O2/c17-16(18,19)12-4-3-10(7-21-12)23-15(27)13-11(8-22-25-13)24-14(26)9-2-1-5-20-6-9/h1-8H,(H,22,25)(H,23,27)(H,24,26). The molecule has 2 amide bonds. The fourth-order valence-corrected chi connectivity index (χ4v) is 2.08. The highest BCUT2D eigenvalue weighted by Gasteiger charge is 2.32. The van der Waals surface area contributed by atoms with E-state index in [0.29, 0.717) is 0 Å². The summed E-state index contributed by atoms with van der Waals surface area (Å²) in [5.41, 5.74) is -0.810. The van der Waals surface area contributed by atoms with Gasteiger partial charge in [0.2, 0.25) is 0 Å². The van der Waals surface area contributed by atoms with Crippen LogP contribution in [-0.2, 0) is 6.18 Å². The van der Waals surface area contributed by atoms with Gasteiger partial charge in [0.05, 0.1) is 23.1 Å². The Morgan fingerprint density at radius 3 is 2.48 bits per heavy atom. The summed E-state index contributed by atoms with van der Waals surface area (Å²) in [5, 5.41) is 11.1. The molecule has 3 N–H and O–H groups in total. The van der Waals surface area contributed by atoms with Crippen molar-refractivity contribution < 1.29 is 22.8 Å². The van der Waals surface area contributed by atoms with Crippen LogP contribution in [0, 0.1) is 0 Å². The lowest BCUT2D eigenvalue weighted by atomic mass is 10.2. The van der Waals surface area contributed by atoms with E-state index in [1.807, 2.05) is 0 Å². The van der Waals surface area contributed by atoms with Crippen LogP contribution in [-0.4, -0.2) is 32.0 Å². The number of anilines is 2. The maximum absolute atomic E-state index is 12.5. The molecule has 0 bridgehead atoms. The first kappa shape index (κ1) is 18.0. The Morgan fingerprint density at radius 1 is 1.04 bits per heavy atom. The monoisotopic (exact) mass is 376 g/mol. The normalized spacial score (nSPS) is 11.1. The molecule has 0 fully saturated rings. The number of hydrogen-bond donors (Lipinski definition) is 3. The van der Waals surface area contributed by atoms with Crippen molar-refractivity contribution in [3.63, 3.8) is 0 Å². The fourth-order valence-electron chi connectivity index (χ4n) is 2.08. The molecule has 0 aromatic carbocycles. The van der Waals surface area contributed by atoms with Crippen molar-refractivity contribution in [1.29, 1.82) is 0 Å². The van der Waals surface area contributed by atoms with Crippen LogP contribution in [0.5, 0.6) is 0 Å². The second-order valence-corrected chi connectivity index (χ2v) is 5.23. The lowest BCUT2D eigenvalue weighted by Gasteiger charge is -2.08. The molecular weight excluding hydrogens is 365 g/mol. The molecule has 3 rings (SSSR count). The topological polar surface area (TPSA) is 113 Å². The third kappa shape index (κ3) is 4.26. The molecule has 0 atom stereocenters. The van der Waals surface area contributed by atoms with Gasteiger partial charge in [-0.25, -0.2) is 4.98 Å². The Morgan fingerprint density at radius 2 is 1.85 bits per heavy atom. The largest absolute Gasteiger partial charge is 0.433 e. The van der Waals surface area contributed by atoms with E-state index in [0.717, 1.165) is 18.3 Å². The van der Waals surface area contributed by atoms with E-state index >= 15 is 0 Å². The highest BCUT2D eigenvalue weighted by molar-refractivity contribution is 6.11. The number of carbonyl (C=O) groups is 2. The van der Waals surface area contributed by atoms with Gasteiger partial charge in [0, 0.05) is 18.6 Å². The Kier molecular flexibility index (Phi) is 4.83. The van der Waals surface area contributed by atoms with Crippen molar-refractivity contribution in [2.75, 3.05) is 10.6 Å². The van der Waals surface area contributed by atoms with Crippen molar-refractivity contribution >= 4 is 23.2 Å². The molecule has 3 aromatic heterocycles. The summed E-state index contributed by atoms with van der Waals surface area (Å²) in [5.74, 6) is -1.24. The average molecular weight is 376 g/mol. The van der Waals surface area contributed by atoms with Crippen LogP contribution in [0.15, 0.2) is 49.1 Å². The number of pyridine rings is 2. The Hall–Kier alpha value is -3.76. The molecule has 3 heterocycles. The number of H-pyrrole nitrogens is 1. The summed E-state index contributed by atoms with van der Waals surface area (Å²) in [6, 6.07) is 4.92. The minimum Gasteiger partial charge on any atom is -0.319 e. The molecule has 0 aliphatic carbocycles. The highest BCUT2D eigenvalue weighted by atomic mass is 19.4. The molecule has 0 aliphatic heterocycles. The van der Waals surface area contributed by atoms with E-state index in [4.69, 9.17) is 0 Å². The van der Waals surface area contributed by atoms with E-state index < -0.39 is 23.7 Å². The Bertz CT molecular complexity index is 954. The number of aromatic amines is 1. The van der Waals surface area contributed by atoms with Gasteiger partial charge >= 0.3 is 6.18 Å². The van der Waals surface area contributed by atoms with Crippen LogP contribution in [0.1, 0.15) is 26.5 Å². The highest BCUT2D eigenvalue weighted by Crippen LogP contribution is 2.28. The molecule has 0 radical (unpaired) electrons. The number of amides is 2. The molecule has 8 nitrogen and oxygen atoms in total. The molecule has 0 aliphatic rings. The summed E-state index contributed by atoms with van der Waals surface area (Å²) in [6.45, 7) is 0. The SMILES string of the molecule is O=C(Nc1c[nH]nc1C(=O)Nc1ccc(C(F)(F)F)nc1)c1cccnc1. The van der Waals surface area contributed by atoms with Crippen molar-refractivity contribution in [2.24, 2.45) is 0 Å². The second kappa shape index (κ2) is 7.23. The van der Waals surface area contributed by atoms with Crippen LogP contribution in [0.2, 0.25) is 0 Å². The van der Waals surface area contributed by atoms with Crippen molar-refractivity contribution in [1.82, 2.24) is 20.2 Å². The lowest BCUT2D eigenvalue weighted by Crippen LogP contribution is -2.18. The van der Waals surface area contributed by atoms with Gasteiger partial charge in [0.15, 0.2) is 5.69 Å². The van der Waals surface area contributed by atoms with E-state index in [1.165, 1.54) is 24.7 Å². The third-order valence-corrected chi connectivity index (χ3v) is 3.34. The number of carbonyl (C=O) groups excluding carboxylic acids is 2.